The molecule has 0 spiro atoms. The van der Waals surface area contributed by atoms with Gasteiger partial charge in [0, 0.05) is 23.9 Å². The van der Waals surface area contributed by atoms with Gasteiger partial charge in [0.05, 0.1) is 17.4 Å². The van der Waals surface area contributed by atoms with Crippen LogP contribution in [0.15, 0.2) is 48.5 Å². The highest BCUT2D eigenvalue weighted by Crippen LogP contribution is 2.28. The molecule has 2 aromatic carbocycles. The topological polar surface area (TPSA) is 113 Å². The van der Waals surface area contributed by atoms with E-state index < -0.39 is 27.8 Å². The Bertz CT molecular complexity index is 1050. The van der Waals surface area contributed by atoms with Crippen LogP contribution < -0.4 is 14.9 Å². The average molecular weight is 401 g/mol. The summed E-state index contributed by atoms with van der Waals surface area (Å²) in [6, 6.07) is 12.4. The van der Waals surface area contributed by atoms with Crippen LogP contribution in [0.25, 0.3) is 0 Å². The second-order valence-corrected chi connectivity index (χ2v) is 8.41. The molecule has 1 aliphatic rings. The molecule has 0 unspecified atom stereocenters. The normalized spacial score (nSPS) is 18.0. The fraction of sp³-hybridized carbons (Fsp3) is 0.211. The Labute approximate surface area is 162 Å². The molecule has 9 heteroatoms. The van der Waals surface area contributed by atoms with Crippen LogP contribution in [0.2, 0.25) is 0 Å². The number of nitrogens with one attached hydrogen (secondary N) is 2. The number of anilines is 3. The summed E-state index contributed by atoms with van der Waals surface area (Å²) < 4.78 is 25.1. The first kappa shape index (κ1) is 19.6. The van der Waals surface area contributed by atoms with Crippen molar-refractivity contribution in [3.05, 3.63) is 54.1 Å². The number of benzene rings is 2. The predicted octanol–water partition coefficient (Wildman–Crippen LogP) is 2.21. The third kappa shape index (κ3) is 4.04. The Morgan fingerprint density at radius 2 is 1.64 bits per heavy atom. The average Bonchev–Trinajstić information content (AvgIpc) is 2.82. The van der Waals surface area contributed by atoms with Crippen molar-refractivity contribution < 1.29 is 22.8 Å². The minimum atomic E-state index is -3.69. The Kier molecular flexibility index (Phi) is 5.19. The molecule has 0 bridgehead atoms. The van der Waals surface area contributed by atoms with Crippen molar-refractivity contribution in [3.63, 3.8) is 0 Å². The monoisotopic (exact) mass is 401 g/mol. The van der Waals surface area contributed by atoms with Gasteiger partial charge in [-0.3, -0.25) is 14.4 Å². The maximum atomic E-state index is 12.4. The van der Waals surface area contributed by atoms with Gasteiger partial charge in [0.25, 0.3) is 5.91 Å². The number of carbonyl (C=O) groups excluding carboxylic acids is 3. The van der Waals surface area contributed by atoms with Gasteiger partial charge >= 0.3 is 0 Å². The molecule has 0 radical (unpaired) electrons. The number of hydrogen-bond acceptors (Lipinski definition) is 5. The molecular weight excluding hydrogens is 382 g/mol. The van der Waals surface area contributed by atoms with Crippen molar-refractivity contribution in [1.29, 1.82) is 0 Å². The molecule has 28 heavy (non-hydrogen) atoms. The maximum Gasteiger partial charge on any atom is 0.255 e. The van der Waals surface area contributed by atoms with Crippen molar-refractivity contribution >= 4 is 44.8 Å². The predicted molar refractivity (Wildman–Crippen MR) is 106 cm³/mol. The summed E-state index contributed by atoms with van der Waals surface area (Å²) in [5.41, 5.74) is 1.54. The number of amides is 3. The van der Waals surface area contributed by atoms with Crippen LogP contribution in [0, 0.1) is 5.92 Å². The fourth-order valence-electron chi connectivity index (χ4n) is 2.92. The van der Waals surface area contributed by atoms with Crippen LogP contribution in [0.1, 0.15) is 24.2 Å². The molecule has 1 atom stereocenters. The Morgan fingerprint density at radius 1 is 1.04 bits per heavy atom. The van der Waals surface area contributed by atoms with E-state index in [4.69, 9.17) is 0 Å². The smallest absolute Gasteiger partial charge is 0.255 e. The molecule has 0 aromatic heterocycles. The van der Waals surface area contributed by atoms with E-state index in [2.05, 4.69) is 10.6 Å². The molecule has 1 heterocycles. The van der Waals surface area contributed by atoms with Gasteiger partial charge in [-0.25, -0.2) is 12.7 Å². The third-order valence-electron chi connectivity index (χ3n) is 4.17. The van der Waals surface area contributed by atoms with Crippen LogP contribution >= 0.6 is 0 Å². The van der Waals surface area contributed by atoms with Gasteiger partial charge in [0.15, 0.2) is 0 Å². The molecule has 0 saturated carbocycles. The molecule has 3 rings (SSSR count). The van der Waals surface area contributed by atoms with Gasteiger partial charge in [-0.05, 0) is 42.5 Å². The molecule has 2 aromatic rings. The highest BCUT2D eigenvalue weighted by molar-refractivity contribution is 7.94. The lowest BCUT2D eigenvalue weighted by atomic mass is 10.1. The standard InChI is InChI=1S/C19H19N3O5S/c1-12-11-28(26,27)22(19(12)25)17-8-6-14(7-9-17)18(24)21-16-5-3-4-15(10-16)20-13(2)23/h3-10,12H,11H2,1-2H3,(H,20,23)(H,21,24)/t12-/m1/s1. The van der Waals surface area contributed by atoms with Crippen LogP contribution in [0.3, 0.4) is 0 Å². The second kappa shape index (κ2) is 7.43. The van der Waals surface area contributed by atoms with E-state index in [1.54, 1.807) is 31.2 Å². The summed E-state index contributed by atoms with van der Waals surface area (Å²) in [7, 11) is -3.69. The Morgan fingerprint density at radius 3 is 2.18 bits per heavy atom. The summed E-state index contributed by atoms with van der Waals surface area (Å²) in [6.45, 7) is 2.95. The number of nitrogens with zero attached hydrogens (tertiary/aromatic N) is 1. The van der Waals surface area contributed by atoms with Gasteiger partial charge in [0.2, 0.25) is 21.8 Å². The number of hydrogen-bond donors (Lipinski definition) is 2. The van der Waals surface area contributed by atoms with Gasteiger partial charge in [-0.2, -0.15) is 0 Å². The van der Waals surface area contributed by atoms with E-state index in [0.29, 0.717) is 16.9 Å². The van der Waals surface area contributed by atoms with Crippen molar-refractivity contribution in [2.75, 3.05) is 20.7 Å². The lowest BCUT2D eigenvalue weighted by Crippen LogP contribution is -2.30. The molecule has 1 fully saturated rings. The Hall–Kier alpha value is -3.20. The number of rotatable bonds is 4. The first-order valence-corrected chi connectivity index (χ1v) is 10.1. The molecule has 1 saturated heterocycles. The minimum absolute atomic E-state index is 0.207. The molecule has 2 N–H and O–H groups in total. The highest BCUT2D eigenvalue weighted by atomic mass is 32.2. The van der Waals surface area contributed by atoms with Crippen molar-refractivity contribution in [1.82, 2.24) is 0 Å². The van der Waals surface area contributed by atoms with E-state index in [-0.39, 0.29) is 17.3 Å². The quantitative estimate of drug-likeness (QED) is 0.816. The number of sulfonamides is 1. The SMILES string of the molecule is CC(=O)Nc1cccc(NC(=O)c2ccc(N3C(=O)[C@H](C)CS3(=O)=O)cc2)c1. The largest absolute Gasteiger partial charge is 0.326 e. The second-order valence-electron chi connectivity index (χ2n) is 6.55. The van der Waals surface area contributed by atoms with Gasteiger partial charge in [0.1, 0.15) is 0 Å². The van der Waals surface area contributed by atoms with E-state index in [1.807, 2.05) is 0 Å². The summed E-state index contributed by atoms with van der Waals surface area (Å²) in [5, 5.41) is 5.33. The van der Waals surface area contributed by atoms with Crippen molar-refractivity contribution in [2.24, 2.45) is 5.92 Å². The van der Waals surface area contributed by atoms with Crippen LogP contribution in [-0.4, -0.2) is 31.9 Å². The third-order valence-corrected chi connectivity index (χ3v) is 6.03. The first-order chi connectivity index (χ1) is 13.2. The van der Waals surface area contributed by atoms with E-state index in [9.17, 15) is 22.8 Å². The van der Waals surface area contributed by atoms with Gasteiger partial charge < -0.3 is 10.6 Å². The summed E-state index contributed by atoms with van der Waals surface area (Å²) in [5.74, 6) is -1.93. The minimum Gasteiger partial charge on any atom is -0.326 e. The highest BCUT2D eigenvalue weighted by Gasteiger charge is 2.41. The molecule has 146 valence electrons. The van der Waals surface area contributed by atoms with E-state index in [1.165, 1.54) is 31.2 Å². The lowest BCUT2D eigenvalue weighted by Gasteiger charge is -2.15. The maximum absolute atomic E-state index is 12.4. The van der Waals surface area contributed by atoms with Crippen LogP contribution in [0.5, 0.6) is 0 Å². The lowest BCUT2D eigenvalue weighted by molar-refractivity contribution is -0.119. The number of carbonyl (C=O) groups is 3. The van der Waals surface area contributed by atoms with E-state index >= 15 is 0 Å². The molecule has 0 aliphatic carbocycles. The molecular formula is C19H19N3O5S. The van der Waals surface area contributed by atoms with Gasteiger partial charge in [-0.15, -0.1) is 0 Å². The Balaban J connectivity index is 1.76. The summed E-state index contributed by atoms with van der Waals surface area (Å²) in [6.07, 6.45) is 0. The molecule has 1 aliphatic heterocycles. The molecule has 3 amide bonds. The van der Waals surface area contributed by atoms with E-state index in [0.717, 1.165) is 4.31 Å². The van der Waals surface area contributed by atoms with Crippen LogP contribution in [0.4, 0.5) is 17.1 Å². The zero-order chi connectivity index (χ0) is 20.5. The molecule has 8 nitrogen and oxygen atoms in total. The summed E-state index contributed by atoms with van der Waals surface area (Å²) in [4.78, 5) is 35.7. The first-order valence-electron chi connectivity index (χ1n) is 8.53. The van der Waals surface area contributed by atoms with Crippen molar-refractivity contribution in [2.45, 2.75) is 13.8 Å². The summed E-state index contributed by atoms with van der Waals surface area (Å²) >= 11 is 0. The zero-order valence-corrected chi connectivity index (χ0v) is 16.1. The fourth-order valence-corrected chi connectivity index (χ4v) is 4.74. The van der Waals surface area contributed by atoms with Crippen LogP contribution in [-0.2, 0) is 19.6 Å². The van der Waals surface area contributed by atoms with Crippen molar-refractivity contribution in [3.8, 4) is 0 Å². The van der Waals surface area contributed by atoms with Gasteiger partial charge in [-0.1, -0.05) is 13.0 Å². The zero-order valence-electron chi connectivity index (χ0n) is 15.3.